The van der Waals surface area contributed by atoms with Gasteiger partial charge in [-0.25, -0.2) is 0 Å². The summed E-state index contributed by atoms with van der Waals surface area (Å²) in [6.07, 6.45) is -2.74. The van der Waals surface area contributed by atoms with Crippen LogP contribution in [0.25, 0.3) is 0 Å². The van der Waals surface area contributed by atoms with Gasteiger partial charge < -0.3 is 5.73 Å². The zero-order valence-corrected chi connectivity index (χ0v) is 9.22. The third kappa shape index (κ3) is 3.23. The maximum Gasteiger partial charge on any atom is 0.416 e. The number of rotatable bonds is 4. The maximum absolute atomic E-state index is 12.5. The van der Waals surface area contributed by atoms with Crippen LogP contribution in [0.5, 0.6) is 0 Å². The monoisotopic (exact) mass is 231 g/mol. The summed E-state index contributed by atoms with van der Waals surface area (Å²) in [5, 5.41) is 0. The molecule has 0 amide bonds. The summed E-state index contributed by atoms with van der Waals surface area (Å²) < 4.78 is 37.5. The van der Waals surface area contributed by atoms with E-state index in [0.29, 0.717) is 6.54 Å². The number of hydrogen-bond donors (Lipinski definition) is 1. The van der Waals surface area contributed by atoms with Crippen LogP contribution in [0, 0.1) is 0 Å². The van der Waals surface area contributed by atoms with Crippen LogP contribution in [0.3, 0.4) is 0 Å². The average molecular weight is 231 g/mol. The second-order valence-corrected chi connectivity index (χ2v) is 3.81. The largest absolute Gasteiger partial charge is 0.416 e. The molecule has 0 aromatic heterocycles. The smallest absolute Gasteiger partial charge is 0.330 e. The SMILES string of the molecule is CCC(CCN)c1cccc(C(F)(F)F)c1. The fourth-order valence-corrected chi connectivity index (χ4v) is 1.78. The zero-order chi connectivity index (χ0) is 12.2. The van der Waals surface area contributed by atoms with Gasteiger partial charge >= 0.3 is 6.18 Å². The fourth-order valence-electron chi connectivity index (χ4n) is 1.78. The predicted molar refractivity (Wildman–Crippen MR) is 58.1 cm³/mol. The molecule has 0 aliphatic carbocycles. The molecule has 90 valence electrons. The van der Waals surface area contributed by atoms with Gasteiger partial charge in [0.15, 0.2) is 0 Å². The van der Waals surface area contributed by atoms with E-state index in [1.54, 1.807) is 6.07 Å². The summed E-state index contributed by atoms with van der Waals surface area (Å²) >= 11 is 0. The minimum absolute atomic E-state index is 0.118. The summed E-state index contributed by atoms with van der Waals surface area (Å²) in [5.41, 5.74) is 5.59. The van der Waals surface area contributed by atoms with Crippen LogP contribution in [0.4, 0.5) is 13.2 Å². The molecule has 1 aromatic carbocycles. The van der Waals surface area contributed by atoms with Crippen molar-refractivity contribution in [3.8, 4) is 0 Å². The minimum Gasteiger partial charge on any atom is -0.330 e. The molecule has 0 radical (unpaired) electrons. The third-order valence-electron chi connectivity index (χ3n) is 2.69. The van der Waals surface area contributed by atoms with E-state index in [-0.39, 0.29) is 5.92 Å². The highest BCUT2D eigenvalue weighted by Gasteiger charge is 2.30. The lowest BCUT2D eigenvalue weighted by Crippen LogP contribution is -2.09. The Morgan fingerprint density at radius 2 is 2.00 bits per heavy atom. The van der Waals surface area contributed by atoms with Crippen LogP contribution in [-0.2, 0) is 6.18 Å². The summed E-state index contributed by atoms with van der Waals surface area (Å²) in [4.78, 5) is 0. The van der Waals surface area contributed by atoms with E-state index in [1.807, 2.05) is 6.92 Å². The van der Waals surface area contributed by atoms with Crippen molar-refractivity contribution in [2.75, 3.05) is 6.54 Å². The number of benzene rings is 1. The van der Waals surface area contributed by atoms with Crippen LogP contribution in [-0.4, -0.2) is 6.54 Å². The molecule has 0 saturated heterocycles. The molecule has 1 nitrogen and oxygen atoms in total. The summed E-state index contributed by atoms with van der Waals surface area (Å²) in [7, 11) is 0. The van der Waals surface area contributed by atoms with E-state index in [1.165, 1.54) is 12.1 Å². The molecule has 0 spiro atoms. The Labute approximate surface area is 93.5 Å². The third-order valence-corrected chi connectivity index (χ3v) is 2.69. The van der Waals surface area contributed by atoms with Crippen molar-refractivity contribution in [3.05, 3.63) is 35.4 Å². The number of hydrogen-bond acceptors (Lipinski definition) is 1. The predicted octanol–water partition coefficient (Wildman–Crippen LogP) is 3.55. The highest BCUT2D eigenvalue weighted by atomic mass is 19.4. The normalized spacial score (nSPS) is 13.8. The van der Waals surface area contributed by atoms with Gasteiger partial charge in [0.25, 0.3) is 0 Å². The van der Waals surface area contributed by atoms with Gasteiger partial charge in [-0.05, 0) is 36.9 Å². The molecule has 0 bridgehead atoms. The van der Waals surface area contributed by atoms with Crippen molar-refractivity contribution in [3.63, 3.8) is 0 Å². The Bertz CT molecular complexity index is 333. The van der Waals surface area contributed by atoms with Crippen molar-refractivity contribution in [2.45, 2.75) is 31.9 Å². The minimum atomic E-state index is -4.27. The molecule has 1 atom stereocenters. The summed E-state index contributed by atoms with van der Waals surface area (Å²) in [6, 6.07) is 5.51. The van der Waals surface area contributed by atoms with Crippen LogP contribution < -0.4 is 5.73 Å². The lowest BCUT2D eigenvalue weighted by molar-refractivity contribution is -0.137. The first-order valence-corrected chi connectivity index (χ1v) is 5.36. The molecule has 0 aliphatic rings. The highest BCUT2D eigenvalue weighted by Crippen LogP contribution is 2.32. The van der Waals surface area contributed by atoms with Gasteiger partial charge in [0, 0.05) is 0 Å². The highest BCUT2D eigenvalue weighted by molar-refractivity contribution is 5.28. The Morgan fingerprint density at radius 3 is 2.50 bits per heavy atom. The number of nitrogens with two attached hydrogens (primary N) is 1. The van der Waals surface area contributed by atoms with Gasteiger partial charge in [-0.3, -0.25) is 0 Å². The van der Waals surface area contributed by atoms with E-state index >= 15 is 0 Å². The second kappa shape index (κ2) is 5.34. The van der Waals surface area contributed by atoms with Crippen molar-refractivity contribution in [1.29, 1.82) is 0 Å². The van der Waals surface area contributed by atoms with Crippen molar-refractivity contribution in [1.82, 2.24) is 0 Å². The van der Waals surface area contributed by atoms with Gasteiger partial charge in [0.2, 0.25) is 0 Å². The molecule has 16 heavy (non-hydrogen) atoms. The molecule has 1 aromatic rings. The molecule has 0 fully saturated rings. The van der Waals surface area contributed by atoms with Crippen molar-refractivity contribution in [2.24, 2.45) is 5.73 Å². The molecule has 4 heteroatoms. The summed E-state index contributed by atoms with van der Waals surface area (Å²) in [5.74, 6) is 0.118. The number of halogens is 3. The molecule has 1 unspecified atom stereocenters. The van der Waals surface area contributed by atoms with E-state index in [2.05, 4.69) is 0 Å². The first kappa shape index (κ1) is 13.0. The van der Waals surface area contributed by atoms with Gasteiger partial charge in [0.1, 0.15) is 0 Å². The van der Waals surface area contributed by atoms with Gasteiger partial charge in [-0.2, -0.15) is 13.2 Å². The van der Waals surface area contributed by atoms with Crippen molar-refractivity contribution >= 4 is 0 Å². The topological polar surface area (TPSA) is 26.0 Å². The molecule has 0 saturated carbocycles. The fraction of sp³-hybridized carbons (Fsp3) is 0.500. The molecular weight excluding hydrogens is 215 g/mol. The Balaban J connectivity index is 2.97. The first-order valence-electron chi connectivity index (χ1n) is 5.36. The second-order valence-electron chi connectivity index (χ2n) is 3.81. The molecule has 2 N–H and O–H groups in total. The average Bonchev–Trinajstić information content (AvgIpc) is 2.25. The van der Waals surface area contributed by atoms with Crippen LogP contribution in [0.15, 0.2) is 24.3 Å². The van der Waals surface area contributed by atoms with E-state index in [0.717, 1.165) is 24.5 Å². The molecular formula is C12H16F3N. The van der Waals surface area contributed by atoms with Crippen LogP contribution >= 0.6 is 0 Å². The first-order chi connectivity index (χ1) is 7.49. The standard InChI is InChI=1S/C12H16F3N/c1-2-9(6-7-16)10-4-3-5-11(8-10)12(13,14)15/h3-5,8-9H,2,6-7,16H2,1H3. The van der Waals surface area contributed by atoms with E-state index < -0.39 is 11.7 Å². The lowest BCUT2D eigenvalue weighted by atomic mass is 9.92. The van der Waals surface area contributed by atoms with Gasteiger partial charge in [-0.15, -0.1) is 0 Å². The quantitative estimate of drug-likeness (QED) is 0.842. The van der Waals surface area contributed by atoms with Crippen LogP contribution in [0.2, 0.25) is 0 Å². The van der Waals surface area contributed by atoms with E-state index in [4.69, 9.17) is 5.73 Å². The summed E-state index contributed by atoms with van der Waals surface area (Å²) in [6.45, 7) is 2.45. The molecule has 0 aliphatic heterocycles. The zero-order valence-electron chi connectivity index (χ0n) is 9.22. The Hall–Kier alpha value is -1.03. The van der Waals surface area contributed by atoms with Crippen molar-refractivity contribution < 1.29 is 13.2 Å². The number of alkyl halides is 3. The van der Waals surface area contributed by atoms with Gasteiger partial charge in [0.05, 0.1) is 5.56 Å². The maximum atomic E-state index is 12.5. The lowest BCUT2D eigenvalue weighted by Gasteiger charge is -2.16. The molecule has 0 heterocycles. The van der Waals surface area contributed by atoms with Crippen LogP contribution in [0.1, 0.15) is 36.8 Å². The Kier molecular flexibility index (Phi) is 4.35. The van der Waals surface area contributed by atoms with Gasteiger partial charge in [-0.1, -0.05) is 25.1 Å². The molecule has 1 rings (SSSR count). The Morgan fingerprint density at radius 1 is 1.31 bits per heavy atom. The van der Waals surface area contributed by atoms with E-state index in [9.17, 15) is 13.2 Å².